The number of rotatable bonds is 8. The predicted octanol–water partition coefficient (Wildman–Crippen LogP) is 4.36. The highest BCUT2D eigenvalue weighted by Crippen LogP contribution is 2.21. The molecule has 1 N–H and O–H groups in total. The summed E-state index contributed by atoms with van der Waals surface area (Å²) >= 11 is 5.91. The van der Waals surface area contributed by atoms with Crippen molar-refractivity contribution in [1.29, 1.82) is 0 Å². The van der Waals surface area contributed by atoms with E-state index in [1.807, 2.05) is 50.2 Å². The van der Waals surface area contributed by atoms with Crippen LogP contribution in [0.25, 0.3) is 0 Å². The Hall–Kier alpha value is -2.53. The van der Waals surface area contributed by atoms with Crippen LogP contribution in [0.3, 0.4) is 0 Å². The van der Waals surface area contributed by atoms with Crippen LogP contribution in [0, 0.1) is 6.92 Å². The molecule has 0 unspecified atom stereocenters. The zero-order valence-electron chi connectivity index (χ0n) is 15.2. The molecule has 1 amide bonds. The van der Waals surface area contributed by atoms with Crippen molar-refractivity contribution in [2.45, 2.75) is 26.7 Å². The second-order valence-electron chi connectivity index (χ2n) is 5.83. The van der Waals surface area contributed by atoms with Crippen molar-refractivity contribution in [3.05, 3.63) is 58.6 Å². The van der Waals surface area contributed by atoms with E-state index >= 15 is 0 Å². The monoisotopic (exact) mass is 374 g/mol. The standard InChI is InChI=1S/C20H23ClN2O3/c1-14-12-17(21)9-10-19(14)26-11-5-8-20(24)23-22-15(2)16-6-4-7-18(13-16)25-3/h4,6-7,9-10,12-13H,5,8,11H2,1-3H3,(H,23,24). The van der Waals surface area contributed by atoms with Gasteiger partial charge in [-0.05, 0) is 56.2 Å². The van der Waals surface area contributed by atoms with E-state index in [1.54, 1.807) is 13.2 Å². The fourth-order valence-corrected chi connectivity index (χ4v) is 2.53. The van der Waals surface area contributed by atoms with Gasteiger partial charge in [-0.25, -0.2) is 5.43 Å². The molecule has 138 valence electrons. The molecule has 0 radical (unpaired) electrons. The molecule has 0 bridgehead atoms. The average molecular weight is 375 g/mol. The molecule has 0 saturated carbocycles. The molecule has 6 heteroatoms. The van der Waals surface area contributed by atoms with Crippen LogP contribution in [-0.4, -0.2) is 25.3 Å². The fraction of sp³-hybridized carbons (Fsp3) is 0.300. The number of carbonyl (C=O) groups is 1. The Morgan fingerprint density at radius 2 is 2.04 bits per heavy atom. The Morgan fingerprint density at radius 3 is 2.77 bits per heavy atom. The molecular weight excluding hydrogens is 352 g/mol. The molecule has 0 aliphatic heterocycles. The molecule has 2 aromatic rings. The van der Waals surface area contributed by atoms with Gasteiger partial charge in [-0.2, -0.15) is 5.10 Å². The van der Waals surface area contributed by atoms with Crippen molar-refractivity contribution >= 4 is 23.2 Å². The minimum atomic E-state index is -0.149. The quantitative estimate of drug-likeness (QED) is 0.424. The summed E-state index contributed by atoms with van der Waals surface area (Å²) in [6, 6.07) is 13.0. The summed E-state index contributed by atoms with van der Waals surface area (Å²) in [4.78, 5) is 11.9. The smallest absolute Gasteiger partial charge is 0.240 e. The largest absolute Gasteiger partial charge is 0.497 e. The van der Waals surface area contributed by atoms with E-state index in [4.69, 9.17) is 21.1 Å². The van der Waals surface area contributed by atoms with Crippen LogP contribution in [-0.2, 0) is 4.79 Å². The maximum Gasteiger partial charge on any atom is 0.240 e. The van der Waals surface area contributed by atoms with Crippen molar-refractivity contribution in [3.63, 3.8) is 0 Å². The summed E-state index contributed by atoms with van der Waals surface area (Å²) in [6.07, 6.45) is 0.934. The summed E-state index contributed by atoms with van der Waals surface area (Å²) < 4.78 is 10.9. The van der Waals surface area contributed by atoms with Crippen LogP contribution >= 0.6 is 11.6 Å². The third-order valence-corrected chi connectivity index (χ3v) is 4.01. The van der Waals surface area contributed by atoms with Gasteiger partial charge in [-0.1, -0.05) is 23.7 Å². The number of amides is 1. The number of hydrogen-bond donors (Lipinski definition) is 1. The van der Waals surface area contributed by atoms with E-state index in [0.29, 0.717) is 30.2 Å². The highest BCUT2D eigenvalue weighted by molar-refractivity contribution is 6.30. The molecule has 0 spiro atoms. The SMILES string of the molecule is COc1cccc(C(C)=NNC(=O)CCCOc2ccc(Cl)cc2C)c1. The van der Waals surface area contributed by atoms with Gasteiger partial charge in [-0.3, -0.25) is 4.79 Å². The highest BCUT2D eigenvalue weighted by atomic mass is 35.5. The lowest BCUT2D eigenvalue weighted by Gasteiger charge is -2.09. The summed E-state index contributed by atoms with van der Waals surface area (Å²) in [6.45, 7) is 4.22. The molecule has 0 atom stereocenters. The number of nitrogens with one attached hydrogen (secondary N) is 1. The second-order valence-corrected chi connectivity index (χ2v) is 6.26. The van der Waals surface area contributed by atoms with E-state index in [-0.39, 0.29) is 5.91 Å². The molecule has 2 rings (SSSR count). The molecule has 0 aliphatic carbocycles. The number of hydrazone groups is 1. The second kappa shape index (κ2) is 9.82. The lowest BCUT2D eigenvalue weighted by atomic mass is 10.1. The van der Waals surface area contributed by atoms with Crippen LogP contribution in [0.5, 0.6) is 11.5 Å². The summed E-state index contributed by atoms with van der Waals surface area (Å²) in [5.41, 5.74) is 5.15. The van der Waals surface area contributed by atoms with E-state index in [9.17, 15) is 4.79 Å². The number of hydrogen-bond acceptors (Lipinski definition) is 4. The number of halogens is 1. The van der Waals surface area contributed by atoms with Gasteiger partial charge in [-0.15, -0.1) is 0 Å². The Balaban J connectivity index is 1.76. The van der Waals surface area contributed by atoms with Crippen molar-refractivity contribution in [2.24, 2.45) is 5.10 Å². The number of nitrogens with zero attached hydrogens (tertiary/aromatic N) is 1. The summed E-state index contributed by atoms with van der Waals surface area (Å²) in [5, 5.41) is 4.82. The molecule has 0 aliphatic rings. The van der Waals surface area contributed by atoms with E-state index in [2.05, 4.69) is 10.5 Å². The first-order valence-electron chi connectivity index (χ1n) is 8.36. The first kappa shape index (κ1) is 19.8. The Morgan fingerprint density at radius 1 is 1.23 bits per heavy atom. The lowest BCUT2D eigenvalue weighted by molar-refractivity contribution is -0.121. The lowest BCUT2D eigenvalue weighted by Crippen LogP contribution is -2.19. The third-order valence-electron chi connectivity index (χ3n) is 3.78. The Labute approximate surface area is 159 Å². The number of aryl methyl sites for hydroxylation is 1. The molecule has 0 heterocycles. The van der Waals surface area contributed by atoms with Crippen molar-refractivity contribution in [3.8, 4) is 11.5 Å². The fourth-order valence-electron chi connectivity index (χ4n) is 2.30. The van der Waals surface area contributed by atoms with Crippen LogP contribution in [0.4, 0.5) is 0 Å². The van der Waals surface area contributed by atoms with Gasteiger partial charge in [0.1, 0.15) is 11.5 Å². The molecule has 0 saturated heterocycles. The van der Waals surface area contributed by atoms with Gasteiger partial charge < -0.3 is 9.47 Å². The minimum Gasteiger partial charge on any atom is -0.497 e. The Kier molecular flexibility index (Phi) is 7.48. The van der Waals surface area contributed by atoms with E-state index in [0.717, 1.165) is 22.6 Å². The van der Waals surface area contributed by atoms with Crippen LogP contribution in [0.1, 0.15) is 30.9 Å². The van der Waals surface area contributed by atoms with Crippen molar-refractivity contribution < 1.29 is 14.3 Å². The van der Waals surface area contributed by atoms with Crippen LogP contribution in [0.15, 0.2) is 47.6 Å². The van der Waals surface area contributed by atoms with Crippen molar-refractivity contribution in [2.75, 3.05) is 13.7 Å². The first-order chi connectivity index (χ1) is 12.5. The minimum absolute atomic E-state index is 0.149. The topological polar surface area (TPSA) is 59.9 Å². The van der Waals surface area contributed by atoms with Gasteiger partial charge in [0.2, 0.25) is 5.91 Å². The van der Waals surface area contributed by atoms with Gasteiger partial charge in [0.25, 0.3) is 0 Å². The summed E-state index contributed by atoms with van der Waals surface area (Å²) in [7, 11) is 1.61. The predicted molar refractivity (Wildman–Crippen MR) is 104 cm³/mol. The van der Waals surface area contributed by atoms with E-state index in [1.165, 1.54) is 0 Å². The molecule has 0 fully saturated rings. The van der Waals surface area contributed by atoms with Gasteiger partial charge in [0.15, 0.2) is 0 Å². The molecule has 5 nitrogen and oxygen atoms in total. The molecule has 0 aromatic heterocycles. The van der Waals surface area contributed by atoms with Gasteiger partial charge in [0.05, 0.1) is 19.4 Å². The molecule has 2 aromatic carbocycles. The number of ether oxygens (including phenoxy) is 2. The zero-order valence-corrected chi connectivity index (χ0v) is 16.0. The van der Waals surface area contributed by atoms with E-state index < -0.39 is 0 Å². The number of methoxy groups -OCH3 is 1. The van der Waals surface area contributed by atoms with Crippen LogP contribution < -0.4 is 14.9 Å². The number of benzene rings is 2. The number of carbonyl (C=O) groups excluding carboxylic acids is 1. The third kappa shape index (κ3) is 6.08. The molecular formula is C20H23ClN2O3. The van der Waals surface area contributed by atoms with Gasteiger partial charge in [0, 0.05) is 17.0 Å². The highest BCUT2D eigenvalue weighted by Gasteiger charge is 2.04. The van der Waals surface area contributed by atoms with Crippen LogP contribution in [0.2, 0.25) is 5.02 Å². The first-order valence-corrected chi connectivity index (χ1v) is 8.74. The molecule has 26 heavy (non-hydrogen) atoms. The average Bonchev–Trinajstić information content (AvgIpc) is 2.64. The van der Waals surface area contributed by atoms with Crippen molar-refractivity contribution in [1.82, 2.24) is 5.43 Å². The maximum atomic E-state index is 11.9. The summed E-state index contributed by atoms with van der Waals surface area (Å²) in [5.74, 6) is 1.38. The normalized spacial score (nSPS) is 11.2. The maximum absolute atomic E-state index is 11.9. The Bertz CT molecular complexity index is 790. The van der Waals surface area contributed by atoms with Gasteiger partial charge >= 0.3 is 0 Å². The zero-order chi connectivity index (χ0) is 18.9.